The molecule has 13 heteroatoms. The van der Waals surface area contributed by atoms with E-state index >= 15 is 0 Å². The minimum atomic E-state index is -1.50. The van der Waals surface area contributed by atoms with Gasteiger partial charge in [-0.3, -0.25) is 14.4 Å². The van der Waals surface area contributed by atoms with Gasteiger partial charge in [-0.05, 0) is 44.4 Å². The first-order chi connectivity index (χ1) is 18.6. The average Bonchev–Trinajstić information content (AvgIpc) is 3.39. The fourth-order valence-electron chi connectivity index (χ4n) is 5.15. The Labute approximate surface area is 233 Å². The Kier molecular flexibility index (Phi) is 11.3. The number of hydrogen-bond donors (Lipinski definition) is 6. The molecule has 0 aromatic heterocycles. The second-order valence-corrected chi connectivity index (χ2v) is 12.2. The number of carboxylic acids is 1. The fraction of sp³-hybridized carbons (Fsp3) is 0.808. The summed E-state index contributed by atoms with van der Waals surface area (Å²) in [6.07, 6.45) is 4.05. The van der Waals surface area contributed by atoms with Crippen LogP contribution >= 0.6 is 11.8 Å². The van der Waals surface area contributed by atoms with E-state index in [9.17, 15) is 29.1 Å². The SMILES string of the molecule is CC[C@]1(C(=O)O)O[C@H]1C(=O)N[C@@H](CC(C)C)C(=O)NCCCCNC(=O)CCCC[C@@H]1SC[C@@H]2NC(=O)N[C@@H]21. The van der Waals surface area contributed by atoms with Gasteiger partial charge in [-0.15, -0.1) is 0 Å². The maximum absolute atomic E-state index is 12.7. The van der Waals surface area contributed by atoms with Gasteiger partial charge in [0.1, 0.15) is 6.04 Å². The number of nitrogens with one attached hydrogen (secondary N) is 5. The quantitative estimate of drug-likeness (QED) is 0.0849. The van der Waals surface area contributed by atoms with Crippen LogP contribution in [0.1, 0.15) is 72.1 Å². The summed E-state index contributed by atoms with van der Waals surface area (Å²) in [5.41, 5.74) is -1.50. The zero-order chi connectivity index (χ0) is 28.6. The highest BCUT2D eigenvalue weighted by Crippen LogP contribution is 2.40. The van der Waals surface area contributed by atoms with Crippen molar-refractivity contribution in [2.75, 3.05) is 18.8 Å². The van der Waals surface area contributed by atoms with Gasteiger partial charge in [0.15, 0.2) is 6.10 Å². The molecule has 0 radical (unpaired) electrons. The number of unbranched alkanes of at least 4 members (excludes halogenated alkanes) is 2. The molecule has 0 aliphatic carbocycles. The predicted octanol–water partition coefficient (Wildman–Crippen LogP) is 0.888. The first-order valence-electron chi connectivity index (χ1n) is 14.0. The van der Waals surface area contributed by atoms with Crippen molar-refractivity contribution in [1.29, 1.82) is 0 Å². The van der Waals surface area contributed by atoms with E-state index in [0.717, 1.165) is 25.0 Å². The van der Waals surface area contributed by atoms with Crippen LogP contribution in [0.15, 0.2) is 0 Å². The van der Waals surface area contributed by atoms with Crippen LogP contribution in [0, 0.1) is 5.92 Å². The molecule has 0 aromatic rings. The van der Waals surface area contributed by atoms with Gasteiger partial charge in [0.25, 0.3) is 5.91 Å². The van der Waals surface area contributed by atoms with Gasteiger partial charge in [0.05, 0.1) is 12.1 Å². The summed E-state index contributed by atoms with van der Waals surface area (Å²) in [5.74, 6) is -1.000. The number of amides is 5. The first-order valence-corrected chi connectivity index (χ1v) is 15.1. The van der Waals surface area contributed by atoms with Crippen LogP contribution < -0.4 is 26.6 Å². The third-order valence-corrected chi connectivity index (χ3v) is 8.97. The zero-order valence-electron chi connectivity index (χ0n) is 23.0. The highest BCUT2D eigenvalue weighted by Gasteiger charge is 2.65. The smallest absolute Gasteiger partial charge is 0.339 e. The lowest BCUT2D eigenvalue weighted by Gasteiger charge is -2.20. The molecule has 12 nitrogen and oxygen atoms in total. The number of carbonyl (C=O) groups is 5. The van der Waals surface area contributed by atoms with E-state index in [1.165, 1.54) is 0 Å². The number of carbonyl (C=O) groups excluding carboxylic acids is 4. The van der Waals surface area contributed by atoms with Crippen LogP contribution in [-0.4, -0.2) is 88.8 Å². The monoisotopic (exact) mass is 569 g/mol. The molecule has 6 atom stereocenters. The number of thioether (sulfide) groups is 1. The Balaban J connectivity index is 1.25. The van der Waals surface area contributed by atoms with E-state index < -0.39 is 29.6 Å². The standard InChI is InChI=1S/C26H43N5O7S/c1-4-26(24(35)36)21(38-26)23(34)29-16(13-15(2)3)22(33)28-12-8-7-11-27-19(32)10-6-5-9-18-20-17(14-39-18)30-25(37)31-20/h15-18,20-21H,4-14H2,1-3H3,(H,27,32)(H,28,33)(H,29,34)(H,35,36)(H2,30,31,37)/t16-,17-,18-,20-,21-,26-/m0/s1. The summed E-state index contributed by atoms with van der Waals surface area (Å²) in [7, 11) is 0. The van der Waals surface area contributed by atoms with Crippen molar-refractivity contribution in [3.8, 4) is 0 Å². The molecular formula is C26H43N5O7S. The topological polar surface area (TPSA) is 178 Å². The Morgan fingerprint density at radius 1 is 1.10 bits per heavy atom. The van der Waals surface area contributed by atoms with Crippen molar-refractivity contribution in [1.82, 2.24) is 26.6 Å². The van der Waals surface area contributed by atoms with E-state index in [1.54, 1.807) is 6.92 Å². The summed E-state index contributed by atoms with van der Waals surface area (Å²) in [4.78, 5) is 60.3. The molecule has 39 heavy (non-hydrogen) atoms. The number of carboxylic acid groups (broad SMARTS) is 1. The molecular weight excluding hydrogens is 526 g/mol. The summed E-state index contributed by atoms with van der Waals surface area (Å²) in [6.45, 7) is 6.44. The van der Waals surface area contributed by atoms with E-state index in [-0.39, 0.29) is 42.3 Å². The molecule has 3 saturated heterocycles. The van der Waals surface area contributed by atoms with Gasteiger partial charge in [0.2, 0.25) is 17.4 Å². The van der Waals surface area contributed by atoms with Crippen molar-refractivity contribution >= 4 is 41.5 Å². The molecule has 6 N–H and O–H groups in total. The highest BCUT2D eigenvalue weighted by atomic mass is 32.2. The Morgan fingerprint density at radius 2 is 1.82 bits per heavy atom. The normalized spacial score (nSPS) is 27.7. The third kappa shape index (κ3) is 8.47. The molecule has 0 saturated carbocycles. The molecule has 0 unspecified atom stereocenters. The molecule has 0 spiro atoms. The lowest BCUT2D eigenvalue weighted by molar-refractivity contribution is -0.143. The van der Waals surface area contributed by atoms with Gasteiger partial charge in [-0.25, -0.2) is 9.59 Å². The van der Waals surface area contributed by atoms with Gasteiger partial charge < -0.3 is 36.4 Å². The van der Waals surface area contributed by atoms with Crippen LogP contribution in [0.5, 0.6) is 0 Å². The van der Waals surface area contributed by atoms with Gasteiger partial charge in [-0.1, -0.05) is 27.2 Å². The number of hydrogen-bond acceptors (Lipinski definition) is 7. The highest BCUT2D eigenvalue weighted by molar-refractivity contribution is 8.00. The Hall–Kier alpha value is -2.54. The van der Waals surface area contributed by atoms with Crippen LogP contribution in [0.3, 0.4) is 0 Å². The molecule has 220 valence electrons. The maximum atomic E-state index is 12.7. The number of urea groups is 1. The lowest BCUT2D eigenvalue weighted by atomic mass is 10.00. The molecule has 0 aromatic carbocycles. The van der Waals surface area contributed by atoms with Gasteiger partial charge >= 0.3 is 12.0 Å². The predicted molar refractivity (Wildman–Crippen MR) is 146 cm³/mol. The number of fused-ring (bicyclic) bond motifs is 1. The van der Waals surface area contributed by atoms with Crippen molar-refractivity contribution in [2.24, 2.45) is 5.92 Å². The van der Waals surface area contributed by atoms with E-state index in [0.29, 0.717) is 44.0 Å². The number of aliphatic carboxylic acids is 1. The van der Waals surface area contributed by atoms with Crippen LogP contribution in [-0.2, 0) is 23.9 Å². The molecule has 5 amide bonds. The average molecular weight is 570 g/mol. The largest absolute Gasteiger partial charge is 0.479 e. The van der Waals surface area contributed by atoms with E-state index in [1.807, 2.05) is 25.6 Å². The van der Waals surface area contributed by atoms with Gasteiger partial charge in [-0.2, -0.15) is 11.8 Å². The number of rotatable bonds is 17. The van der Waals surface area contributed by atoms with Crippen molar-refractivity contribution in [3.63, 3.8) is 0 Å². The lowest BCUT2D eigenvalue weighted by Crippen LogP contribution is -2.50. The molecule has 3 rings (SSSR count). The maximum Gasteiger partial charge on any atom is 0.339 e. The summed E-state index contributed by atoms with van der Waals surface area (Å²) in [5, 5.41) is 24.1. The molecule has 3 aliphatic heterocycles. The molecule has 3 fully saturated rings. The second-order valence-electron chi connectivity index (χ2n) is 11.0. The van der Waals surface area contributed by atoms with E-state index in [2.05, 4.69) is 26.6 Å². The molecule has 3 aliphatic rings. The van der Waals surface area contributed by atoms with Crippen molar-refractivity contribution in [2.45, 2.75) is 107 Å². The molecule has 3 heterocycles. The van der Waals surface area contributed by atoms with Crippen molar-refractivity contribution in [3.05, 3.63) is 0 Å². The summed E-state index contributed by atoms with van der Waals surface area (Å²) >= 11 is 1.88. The summed E-state index contributed by atoms with van der Waals surface area (Å²) < 4.78 is 5.19. The third-order valence-electron chi connectivity index (χ3n) is 7.47. The van der Waals surface area contributed by atoms with Crippen LogP contribution in [0.4, 0.5) is 4.79 Å². The summed E-state index contributed by atoms with van der Waals surface area (Å²) in [6, 6.07) is -0.448. The molecule has 0 bridgehead atoms. The minimum absolute atomic E-state index is 0.0124. The first kappa shape index (κ1) is 31.0. The minimum Gasteiger partial charge on any atom is -0.479 e. The Morgan fingerprint density at radius 3 is 2.46 bits per heavy atom. The fourth-order valence-corrected chi connectivity index (χ4v) is 6.69. The number of ether oxygens (including phenoxy) is 1. The number of epoxide rings is 1. The van der Waals surface area contributed by atoms with Crippen LogP contribution in [0.2, 0.25) is 0 Å². The zero-order valence-corrected chi connectivity index (χ0v) is 23.9. The van der Waals surface area contributed by atoms with Crippen LogP contribution in [0.25, 0.3) is 0 Å². The van der Waals surface area contributed by atoms with E-state index in [4.69, 9.17) is 4.74 Å². The Bertz CT molecular complexity index is 919. The van der Waals surface area contributed by atoms with Gasteiger partial charge in [0, 0.05) is 30.5 Å². The van der Waals surface area contributed by atoms with Crippen molar-refractivity contribution < 1.29 is 33.8 Å². The second kappa shape index (κ2) is 14.2.